The summed E-state index contributed by atoms with van der Waals surface area (Å²) in [4.78, 5) is 16.9. The number of fused-ring (bicyclic) bond motifs is 1. The van der Waals surface area contributed by atoms with Crippen LogP contribution in [0.25, 0.3) is 33.4 Å². The molecule has 3 aromatic carbocycles. The van der Waals surface area contributed by atoms with Gasteiger partial charge >= 0.3 is 0 Å². The number of piperazine rings is 1. The molecule has 210 valence electrons. The Morgan fingerprint density at radius 2 is 1.60 bits per heavy atom. The molecule has 0 bridgehead atoms. The first-order valence-electron chi connectivity index (χ1n) is 13.8. The number of likely N-dealkylation sites (N-methyl/N-ethyl adjacent to an activating group) is 1. The van der Waals surface area contributed by atoms with Crippen LogP contribution in [-0.2, 0) is 6.54 Å². The van der Waals surface area contributed by atoms with Crippen LogP contribution in [0.1, 0.15) is 5.56 Å². The van der Waals surface area contributed by atoms with Crippen LogP contribution in [0.15, 0.2) is 66.9 Å². The van der Waals surface area contributed by atoms with Crippen LogP contribution in [-0.4, -0.2) is 93.8 Å². The van der Waals surface area contributed by atoms with Crippen molar-refractivity contribution < 1.29 is 13.8 Å². The molecule has 0 aliphatic carbocycles. The van der Waals surface area contributed by atoms with Gasteiger partial charge in [0.05, 0.1) is 47.2 Å². The minimum Gasteiger partial charge on any atom is -0.495 e. The van der Waals surface area contributed by atoms with E-state index >= 15 is 0 Å². The van der Waals surface area contributed by atoms with Crippen molar-refractivity contribution in [2.75, 3.05) is 69.8 Å². The maximum absolute atomic E-state index is 9.90. The highest BCUT2D eigenvalue weighted by atomic mass is 32.3. The van der Waals surface area contributed by atoms with Gasteiger partial charge in [-0.25, -0.2) is 4.98 Å². The fraction of sp³-hybridized carbons (Fsp3) is 0.355. The molecule has 9 heteroatoms. The summed E-state index contributed by atoms with van der Waals surface area (Å²) < 4.78 is 25.5. The molecule has 40 heavy (non-hydrogen) atoms. The second kappa shape index (κ2) is 11.3. The van der Waals surface area contributed by atoms with Crippen molar-refractivity contribution in [2.24, 2.45) is 0 Å². The third-order valence-electron chi connectivity index (χ3n) is 8.03. The molecule has 2 saturated heterocycles. The van der Waals surface area contributed by atoms with Crippen LogP contribution >= 0.6 is 10.6 Å². The fourth-order valence-electron chi connectivity index (χ4n) is 5.52. The minimum absolute atomic E-state index is 0.465. The van der Waals surface area contributed by atoms with Gasteiger partial charge in [0, 0.05) is 56.9 Å². The van der Waals surface area contributed by atoms with Gasteiger partial charge in [-0.15, -0.1) is 0 Å². The molecule has 2 aliphatic rings. The number of hydrogen-bond acceptors (Lipinski definition) is 8. The second-order valence-electron chi connectivity index (χ2n) is 10.8. The van der Waals surface area contributed by atoms with Crippen molar-refractivity contribution in [1.82, 2.24) is 19.8 Å². The monoisotopic (exact) mass is 559 g/mol. The van der Waals surface area contributed by atoms with E-state index in [0.29, 0.717) is 24.6 Å². The lowest BCUT2D eigenvalue weighted by Crippen LogP contribution is -2.44. The molecular formula is C31H37N5O3S. The highest BCUT2D eigenvalue weighted by Gasteiger charge is 2.22. The summed E-state index contributed by atoms with van der Waals surface area (Å²) in [6.07, 6.45) is 1.86. The zero-order valence-corrected chi connectivity index (χ0v) is 24.0. The summed E-state index contributed by atoms with van der Waals surface area (Å²) in [7, 11) is 1.51. The predicted octanol–water partition coefficient (Wildman–Crippen LogP) is 5.29. The lowest BCUT2D eigenvalue weighted by Gasteiger charge is -2.41. The Balaban J connectivity index is 1.27. The van der Waals surface area contributed by atoms with Crippen molar-refractivity contribution in [2.45, 2.75) is 6.54 Å². The van der Waals surface area contributed by atoms with Gasteiger partial charge in [-0.3, -0.25) is 19.0 Å². The van der Waals surface area contributed by atoms with E-state index in [9.17, 15) is 9.11 Å². The predicted molar refractivity (Wildman–Crippen MR) is 165 cm³/mol. The Hall–Kier alpha value is -3.21. The van der Waals surface area contributed by atoms with E-state index in [2.05, 4.69) is 64.2 Å². The summed E-state index contributed by atoms with van der Waals surface area (Å²) in [5.41, 5.74) is 8.07. The number of benzene rings is 3. The summed E-state index contributed by atoms with van der Waals surface area (Å²) in [5.74, 6) is 1.81. The molecule has 3 heterocycles. The number of para-hydroxylation sites is 1. The molecule has 6 rings (SSSR count). The molecule has 0 unspecified atom stereocenters. The maximum Gasteiger partial charge on any atom is 0.142 e. The van der Waals surface area contributed by atoms with E-state index < -0.39 is 10.6 Å². The number of methoxy groups -OCH3 is 1. The van der Waals surface area contributed by atoms with Crippen LogP contribution in [0.3, 0.4) is 0 Å². The Labute approximate surface area is 237 Å². The molecule has 2 aliphatic heterocycles. The highest BCUT2D eigenvalue weighted by molar-refractivity contribution is 8.24. The standard InChI is InChI=1S/C31H37N5O3S/c1-34-12-14-36(15-13-34)29-20-25(10-11-30(29)39-2)28-21-32-27-5-3-4-26(31(27)33-28)24-8-6-23(7-9-24)22-35-16-18-40(37,38)19-17-35/h3-11,20-21,37-38H,12-19,22H2,1-2H3. The van der Waals surface area contributed by atoms with Gasteiger partial charge in [-0.1, -0.05) is 36.4 Å². The van der Waals surface area contributed by atoms with Gasteiger partial charge in [0.1, 0.15) is 5.75 Å². The van der Waals surface area contributed by atoms with E-state index in [1.165, 1.54) is 5.56 Å². The molecule has 0 amide bonds. The molecule has 8 nitrogen and oxygen atoms in total. The smallest absolute Gasteiger partial charge is 0.142 e. The minimum atomic E-state index is -2.37. The number of rotatable bonds is 6. The van der Waals surface area contributed by atoms with Gasteiger partial charge in [0.2, 0.25) is 0 Å². The van der Waals surface area contributed by atoms with Crippen LogP contribution in [0.5, 0.6) is 5.75 Å². The normalized spacial score (nSPS) is 19.1. The summed E-state index contributed by atoms with van der Waals surface area (Å²) in [5, 5.41) is 0. The zero-order chi connectivity index (χ0) is 27.7. The highest BCUT2D eigenvalue weighted by Crippen LogP contribution is 2.40. The summed E-state index contributed by atoms with van der Waals surface area (Å²) in [6.45, 7) is 6.21. The van der Waals surface area contributed by atoms with E-state index in [1.54, 1.807) is 7.11 Å². The van der Waals surface area contributed by atoms with Crippen LogP contribution in [0.4, 0.5) is 5.69 Å². The van der Waals surface area contributed by atoms with Gasteiger partial charge in [-0.2, -0.15) is 10.6 Å². The lowest BCUT2D eigenvalue weighted by atomic mass is 10.0. The molecule has 0 atom stereocenters. The molecule has 0 radical (unpaired) electrons. The number of aromatic nitrogens is 2. The van der Waals surface area contributed by atoms with Crippen molar-refractivity contribution in [3.8, 4) is 28.1 Å². The van der Waals surface area contributed by atoms with E-state index in [4.69, 9.17) is 14.7 Å². The van der Waals surface area contributed by atoms with E-state index in [1.807, 2.05) is 24.4 Å². The van der Waals surface area contributed by atoms with Crippen LogP contribution < -0.4 is 9.64 Å². The molecular weight excluding hydrogens is 522 g/mol. The molecule has 0 spiro atoms. The first-order chi connectivity index (χ1) is 19.4. The van der Waals surface area contributed by atoms with Gasteiger partial charge < -0.3 is 14.5 Å². The molecule has 2 N–H and O–H groups in total. The fourth-order valence-corrected chi connectivity index (χ4v) is 6.82. The van der Waals surface area contributed by atoms with Crippen molar-refractivity contribution in [3.63, 3.8) is 0 Å². The summed E-state index contributed by atoms with van der Waals surface area (Å²) in [6, 6.07) is 21.0. The first kappa shape index (κ1) is 27.0. The van der Waals surface area contributed by atoms with Gasteiger partial charge in [-0.05, 0) is 42.4 Å². The maximum atomic E-state index is 9.90. The third kappa shape index (κ3) is 5.80. The van der Waals surface area contributed by atoms with E-state index in [0.717, 1.165) is 77.6 Å². The number of ether oxygens (including phenoxy) is 1. The second-order valence-corrected chi connectivity index (χ2v) is 13.2. The average molecular weight is 560 g/mol. The Kier molecular flexibility index (Phi) is 7.65. The molecule has 2 fully saturated rings. The van der Waals surface area contributed by atoms with E-state index in [-0.39, 0.29) is 0 Å². The van der Waals surface area contributed by atoms with Gasteiger partial charge in [0.25, 0.3) is 0 Å². The van der Waals surface area contributed by atoms with Crippen molar-refractivity contribution >= 4 is 27.3 Å². The molecule has 1 aromatic heterocycles. The van der Waals surface area contributed by atoms with Crippen molar-refractivity contribution in [3.05, 3.63) is 72.4 Å². The van der Waals surface area contributed by atoms with Crippen LogP contribution in [0, 0.1) is 0 Å². The number of hydrogen-bond donors (Lipinski definition) is 2. The molecule has 4 aromatic rings. The Morgan fingerprint density at radius 3 is 2.33 bits per heavy atom. The Bertz CT molecular complexity index is 1480. The first-order valence-corrected chi connectivity index (χ1v) is 15.7. The summed E-state index contributed by atoms with van der Waals surface area (Å²) >= 11 is 0. The Morgan fingerprint density at radius 1 is 0.875 bits per heavy atom. The third-order valence-corrected chi connectivity index (χ3v) is 9.70. The quantitative estimate of drug-likeness (QED) is 0.330. The topological polar surface area (TPSA) is 85.2 Å². The largest absolute Gasteiger partial charge is 0.495 e. The van der Waals surface area contributed by atoms with Gasteiger partial charge in [0.15, 0.2) is 0 Å². The number of anilines is 1. The zero-order valence-electron chi connectivity index (χ0n) is 23.2. The van der Waals surface area contributed by atoms with Crippen molar-refractivity contribution in [1.29, 1.82) is 0 Å². The number of nitrogens with zero attached hydrogens (tertiary/aromatic N) is 5. The van der Waals surface area contributed by atoms with Crippen LogP contribution in [0.2, 0.25) is 0 Å². The average Bonchev–Trinajstić information content (AvgIpc) is 2.98. The molecule has 0 saturated carbocycles. The lowest BCUT2D eigenvalue weighted by molar-refractivity contribution is 0.278. The SMILES string of the molecule is COc1ccc(-c2cnc3cccc(-c4ccc(CN5CCS(O)(O)CC5)cc4)c3n2)cc1N1CCN(C)CC1.